The van der Waals surface area contributed by atoms with E-state index in [4.69, 9.17) is 21.1 Å². The van der Waals surface area contributed by atoms with E-state index < -0.39 is 0 Å². The third-order valence-corrected chi connectivity index (χ3v) is 3.66. The minimum Gasteiger partial charge on any atom is -0.381 e. The van der Waals surface area contributed by atoms with Gasteiger partial charge in [-0.05, 0) is 19.8 Å². The van der Waals surface area contributed by atoms with E-state index in [-0.39, 0.29) is 24.0 Å². The molecule has 0 aromatic carbocycles. The highest BCUT2D eigenvalue weighted by Gasteiger charge is 2.32. The predicted molar refractivity (Wildman–Crippen MR) is 65.2 cm³/mol. The van der Waals surface area contributed by atoms with Gasteiger partial charge in [-0.3, -0.25) is 4.79 Å². The molecule has 0 spiro atoms. The van der Waals surface area contributed by atoms with Crippen molar-refractivity contribution in [1.29, 1.82) is 0 Å². The van der Waals surface area contributed by atoms with Crippen LogP contribution in [0, 0.1) is 5.92 Å². The summed E-state index contributed by atoms with van der Waals surface area (Å²) in [6.07, 6.45) is 1.96. The molecule has 17 heavy (non-hydrogen) atoms. The molecule has 0 bridgehead atoms. The maximum atomic E-state index is 12.3. The second-order valence-electron chi connectivity index (χ2n) is 4.88. The third kappa shape index (κ3) is 3.33. The van der Waals surface area contributed by atoms with Crippen molar-refractivity contribution in [2.75, 3.05) is 32.2 Å². The molecular weight excluding hydrogens is 242 g/mol. The van der Waals surface area contributed by atoms with Gasteiger partial charge < -0.3 is 14.4 Å². The Balaban J connectivity index is 1.93. The van der Waals surface area contributed by atoms with Gasteiger partial charge >= 0.3 is 0 Å². The van der Waals surface area contributed by atoms with Crippen LogP contribution >= 0.6 is 11.6 Å². The monoisotopic (exact) mass is 261 g/mol. The van der Waals surface area contributed by atoms with Crippen LogP contribution in [0.3, 0.4) is 0 Å². The van der Waals surface area contributed by atoms with E-state index in [1.165, 1.54) is 0 Å². The molecule has 5 heteroatoms. The number of carbonyl (C=O) groups excluding carboxylic acids is 1. The van der Waals surface area contributed by atoms with Gasteiger partial charge in [0.2, 0.25) is 5.91 Å². The van der Waals surface area contributed by atoms with Gasteiger partial charge in [0.1, 0.15) is 0 Å². The zero-order valence-electron chi connectivity index (χ0n) is 10.2. The second kappa shape index (κ2) is 6.03. The van der Waals surface area contributed by atoms with E-state index in [0.29, 0.717) is 25.6 Å². The number of carbonyl (C=O) groups is 1. The van der Waals surface area contributed by atoms with Crippen molar-refractivity contribution in [1.82, 2.24) is 4.90 Å². The van der Waals surface area contributed by atoms with Crippen LogP contribution < -0.4 is 0 Å². The predicted octanol–water partition coefficient (Wildman–Crippen LogP) is 1.27. The molecule has 0 aromatic rings. The Hall–Kier alpha value is -0.320. The molecule has 2 fully saturated rings. The summed E-state index contributed by atoms with van der Waals surface area (Å²) in [5, 5.41) is 0. The third-order valence-electron chi connectivity index (χ3n) is 3.32. The normalized spacial score (nSPS) is 34.7. The summed E-state index contributed by atoms with van der Waals surface area (Å²) in [5.41, 5.74) is 0. The van der Waals surface area contributed by atoms with Crippen LogP contribution in [-0.4, -0.2) is 55.2 Å². The average molecular weight is 262 g/mol. The Morgan fingerprint density at radius 2 is 2.29 bits per heavy atom. The molecule has 2 heterocycles. The van der Waals surface area contributed by atoms with Crippen LogP contribution in [0.1, 0.15) is 19.8 Å². The average Bonchev–Trinajstić information content (AvgIpc) is 2.38. The first-order valence-electron chi connectivity index (χ1n) is 6.28. The van der Waals surface area contributed by atoms with E-state index in [1.807, 2.05) is 11.8 Å². The SMILES string of the molecule is CC1CN(C(=O)C2CCCOC2)CC(CCl)O1. The van der Waals surface area contributed by atoms with Crippen molar-refractivity contribution in [3.63, 3.8) is 0 Å². The van der Waals surface area contributed by atoms with Crippen molar-refractivity contribution in [2.24, 2.45) is 5.92 Å². The first kappa shape index (κ1) is 13.1. The summed E-state index contributed by atoms with van der Waals surface area (Å²) < 4.78 is 11.0. The van der Waals surface area contributed by atoms with Gasteiger partial charge in [0.25, 0.3) is 0 Å². The molecule has 0 saturated carbocycles. The van der Waals surface area contributed by atoms with Gasteiger partial charge in [0.05, 0.1) is 30.6 Å². The molecule has 0 aliphatic carbocycles. The Bertz CT molecular complexity index is 268. The van der Waals surface area contributed by atoms with Crippen LogP contribution in [-0.2, 0) is 14.3 Å². The number of rotatable bonds is 2. The fraction of sp³-hybridized carbons (Fsp3) is 0.917. The summed E-state index contributed by atoms with van der Waals surface area (Å²) in [4.78, 5) is 14.2. The second-order valence-corrected chi connectivity index (χ2v) is 5.19. The Morgan fingerprint density at radius 3 is 2.94 bits per heavy atom. The van der Waals surface area contributed by atoms with E-state index in [9.17, 15) is 4.79 Å². The molecule has 2 saturated heterocycles. The number of morpholine rings is 1. The number of hydrogen-bond acceptors (Lipinski definition) is 3. The quantitative estimate of drug-likeness (QED) is 0.703. The van der Waals surface area contributed by atoms with Gasteiger partial charge in [0, 0.05) is 19.7 Å². The highest BCUT2D eigenvalue weighted by molar-refractivity contribution is 6.18. The fourth-order valence-electron chi connectivity index (χ4n) is 2.50. The standard InChI is InChI=1S/C12H20ClNO3/c1-9-6-14(7-11(5-13)17-9)12(15)10-3-2-4-16-8-10/h9-11H,2-8H2,1H3. The molecule has 3 atom stereocenters. The minimum atomic E-state index is -0.0334. The van der Waals surface area contributed by atoms with Crippen molar-refractivity contribution in [3.8, 4) is 0 Å². The zero-order valence-corrected chi connectivity index (χ0v) is 11.0. The van der Waals surface area contributed by atoms with E-state index in [2.05, 4.69) is 0 Å². The number of halogens is 1. The van der Waals surface area contributed by atoms with Crippen LogP contribution in [0.4, 0.5) is 0 Å². The summed E-state index contributed by atoms with van der Waals surface area (Å²) in [6, 6.07) is 0. The number of ether oxygens (including phenoxy) is 2. The summed E-state index contributed by atoms with van der Waals surface area (Å²) in [6.45, 7) is 4.62. The molecule has 1 amide bonds. The summed E-state index contributed by atoms with van der Waals surface area (Å²) in [5.74, 6) is 0.676. The van der Waals surface area contributed by atoms with Gasteiger partial charge in [-0.2, -0.15) is 0 Å². The van der Waals surface area contributed by atoms with Crippen molar-refractivity contribution in [2.45, 2.75) is 32.0 Å². The molecule has 4 nitrogen and oxygen atoms in total. The van der Waals surface area contributed by atoms with Gasteiger partial charge in [-0.25, -0.2) is 0 Å². The molecule has 0 N–H and O–H groups in total. The number of alkyl halides is 1. The zero-order chi connectivity index (χ0) is 12.3. The molecule has 0 aromatic heterocycles. The lowest BCUT2D eigenvalue weighted by Crippen LogP contribution is -2.52. The van der Waals surface area contributed by atoms with Crippen LogP contribution in [0.15, 0.2) is 0 Å². The highest BCUT2D eigenvalue weighted by atomic mass is 35.5. The van der Waals surface area contributed by atoms with Crippen molar-refractivity contribution >= 4 is 17.5 Å². The first-order chi connectivity index (χ1) is 8.20. The Morgan fingerprint density at radius 1 is 1.47 bits per heavy atom. The molecule has 0 radical (unpaired) electrons. The number of nitrogens with zero attached hydrogens (tertiary/aromatic N) is 1. The molecule has 2 rings (SSSR count). The lowest BCUT2D eigenvalue weighted by atomic mass is 10.00. The summed E-state index contributed by atoms with van der Waals surface area (Å²) >= 11 is 5.81. The van der Waals surface area contributed by atoms with Crippen LogP contribution in [0.25, 0.3) is 0 Å². The number of amides is 1. The highest BCUT2D eigenvalue weighted by Crippen LogP contribution is 2.20. The molecule has 2 aliphatic heterocycles. The topological polar surface area (TPSA) is 38.8 Å². The Labute approximate surface area is 107 Å². The lowest BCUT2D eigenvalue weighted by Gasteiger charge is -2.38. The van der Waals surface area contributed by atoms with E-state index in [1.54, 1.807) is 0 Å². The van der Waals surface area contributed by atoms with Crippen molar-refractivity contribution in [3.05, 3.63) is 0 Å². The van der Waals surface area contributed by atoms with E-state index in [0.717, 1.165) is 19.4 Å². The molecule has 2 aliphatic rings. The largest absolute Gasteiger partial charge is 0.381 e. The first-order valence-corrected chi connectivity index (χ1v) is 6.82. The molecule has 98 valence electrons. The van der Waals surface area contributed by atoms with Crippen LogP contribution in [0.5, 0.6) is 0 Å². The fourth-order valence-corrected chi connectivity index (χ4v) is 2.67. The molecule has 3 unspecified atom stereocenters. The maximum absolute atomic E-state index is 12.3. The summed E-state index contributed by atoms with van der Waals surface area (Å²) in [7, 11) is 0. The minimum absolute atomic E-state index is 0.0324. The molecular formula is C12H20ClNO3. The maximum Gasteiger partial charge on any atom is 0.228 e. The van der Waals surface area contributed by atoms with Gasteiger partial charge in [-0.1, -0.05) is 0 Å². The van der Waals surface area contributed by atoms with Crippen LogP contribution in [0.2, 0.25) is 0 Å². The smallest absolute Gasteiger partial charge is 0.228 e. The van der Waals surface area contributed by atoms with E-state index >= 15 is 0 Å². The number of hydrogen-bond donors (Lipinski definition) is 0. The Kier molecular flexibility index (Phi) is 4.65. The van der Waals surface area contributed by atoms with Gasteiger partial charge in [-0.15, -0.1) is 11.6 Å². The lowest BCUT2D eigenvalue weighted by molar-refractivity contribution is -0.151. The van der Waals surface area contributed by atoms with Crippen molar-refractivity contribution < 1.29 is 14.3 Å². The van der Waals surface area contributed by atoms with Gasteiger partial charge in [0.15, 0.2) is 0 Å².